The zero-order valence-electron chi connectivity index (χ0n) is 9.67. The first-order valence-corrected chi connectivity index (χ1v) is 6.45. The number of likely N-dealkylation sites (N-methyl/N-ethyl adjacent to an activating group) is 1. The van der Waals surface area contributed by atoms with Gasteiger partial charge in [0.15, 0.2) is 0 Å². The molecule has 0 aliphatic heterocycles. The molecule has 0 aromatic carbocycles. The van der Waals surface area contributed by atoms with E-state index >= 15 is 0 Å². The van der Waals surface area contributed by atoms with Gasteiger partial charge in [0.1, 0.15) is 0 Å². The number of nitrogen functional groups attached to an aromatic ring is 1. The van der Waals surface area contributed by atoms with Crippen LogP contribution < -0.4 is 5.73 Å². The summed E-state index contributed by atoms with van der Waals surface area (Å²) in [6.07, 6.45) is 3.20. The topological polar surface area (TPSA) is 92.3 Å². The molecule has 1 aliphatic carbocycles. The smallest absolute Gasteiger partial charge is 0.284 e. The molecule has 0 radical (unpaired) electrons. The maximum Gasteiger partial charge on any atom is 0.284 e. The van der Waals surface area contributed by atoms with Gasteiger partial charge in [0, 0.05) is 7.05 Å². The SMILES string of the molecule is CN(C(=O)c1nnc(N)s1)C1CCCCC1O. The molecule has 1 fully saturated rings. The number of rotatable bonds is 2. The molecule has 17 heavy (non-hydrogen) atoms. The van der Waals surface area contributed by atoms with Crippen LogP contribution in [0.15, 0.2) is 0 Å². The van der Waals surface area contributed by atoms with Crippen LogP contribution in [0.4, 0.5) is 5.13 Å². The summed E-state index contributed by atoms with van der Waals surface area (Å²) in [5, 5.41) is 17.8. The molecule has 7 heteroatoms. The number of aromatic nitrogens is 2. The van der Waals surface area contributed by atoms with Crippen molar-refractivity contribution in [3.8, 4) is 0 Å². The summed E-state index contributed by atoms with van der Waals surface area (Å²) in [5.74, 6) is -0.217. The normalized spacial score (nSPS) is 24.6. The van der Waals surface area contributed by atoms with Gasteiger partial charge in [-0.1, -0.05) is 24.2 Å². The van der Waals surface area contributed by atoms with E-state index in [4.69, 9.17) is 5.73 Å². The van der Waals surface area contributed by atoms with Gasteiger partial charge in [0.2, 0.25) is 10.1 Å². The summed E-state index contributed by atoms with van der Waals surface area (Å²) in [7, 11) is 1.69. The van der Waals surface area contributed by atoms with Gasteiger partial charge in [0.05, 0.1) is 12.1 Å². The van der Waals surface area contributed by atoms with Gasteiger partial charge in [-0.3, -0.25) is 4.79 Å². The molecule has 2 atom stereocenters. The van der Waals surface area contributed by atoms with Crippen LogP contribution in [0.25, 0.3) is 0 Å². The maximum absolute atomic E-state index is 12.1. The largest absolute Gasteiger partial charge is 0.391 e. The van der Waals surface area contributed by atoms with Crippen LogP contribution in [0.5, 0.6) is 0 Å². The van der Waals surface area contributed by atoms with Crippen molar-refractivity contribution in [1.82, 2.24) is 15.1 Å². The maximum atomic E-state index is 12.1. The van der Waals surface area contributed by atoms with Crippen LogP contribution in [-0.2, 0) is 0 Å². The second-order valence-electron chi connectivity index (χ2n) is 4.28. The number of nitrogens with zero attached hydrogens (tertiary/aromatic N) is 3. The molecule has 1 amide bonds. The van der Waals surface area contributed by atoms with Crippen molar-refractivity contribution >= 4 is 22.4 Å². The molecule has 6 nitrogen and oxygen atoms in total. The molecule has 94 valence electrons. The summed E-state index contributed by atoms with van der Waals surface area (Å²) in [6.45, 7) is 0. The lowest BCUT2D eigenvalue weighted by Crippen LogP contribution is -2.46. The quantitative estimate of drug-likeness (QED) is 0.803. The van der Waals surface area contributed by atoms with Crippen LogP contribution in [0.3, 0.4) is 0 Å². The molecule has 2 unspecified atom stereocenters. The standard InChI is InChI=1S/C10H16N4O2S/c1-14(6-4-2-3-5-7(6)15)9(16)8-12-13-10(11)17-8/h6-7,15H,2-5H2,1H3,(H2,11,13). The third-order valence-corrected chi connectivity index (χ3v) is 3.88. The summed E-state index contributed by atoms with van der Waals surface area (Å²) in [5.41, 5.74) is 5.45. The summed E-state index contributed by atoms with van der Waals surface area (Å²) >= 11 is 1.07. The predicted octanol–water partition coefficient (Wildman–Crippen LogP) is 0.496. The van der Waals surface area contributed by atoms with Gasteiger partial charge in [-0.15, -0.1) is 10.2 Å². The van der Waals surface area contributed by atoms with Gasteiger partial charge in [-0.05, 0) is 12.8 Å². The average molecular weight is 256 g/mol. The molecular formula is C10H16N4O2S. The minimum Gasteiger partial charge on any atom is -0.391 e. The molecule has 1 aromatic heterocycles. The van der Waals surface area contributed by atoms with E-state index < -0.39 is 6.10 Å². The molecule has 1 aliphatic rings. The average Bonchev–Trinajstić information content (AvgIpc) is 2.75. The van der Waals surface area contributed by atoms with Gasteiger partial charge >= 0.3 is 0 Å². The molecule has 0 bridgehead atoms. The molecule has 3 N–H and O–H groups in total. The van der Waals surface area contributed by atoms with Crippen LogP contribution >= 0.6 is 11.3 Å². The number of anilines is 1. The fourth-order valence-electron chi connectivity index (χ4n) is 2.17. The number of amides is 1. The Morgan fingerprint density at radius 2 is 2.18 bits per heavy atom. The fraction of sp³-hybridized carbons (Fsp3) is 0.700. The van der Waals surface area contributed by atoms with Gasteiger partial charge in [-0.25, -0.2) is 0 Å². The first-order valence-electron chi connectivity index (χ1n) is 5.64. The number of carbonyl (C=O) groups excluding carboxylic acids is 1. The number of nitrogens with two attached hydrogens (primary N) is 1. The highest BCUT2D eigenvalue weighted by atomic mass is 32.1. The minimum atomic E-state index is -0.442. The Labute approximate surface area is 103 Å². The second kappa shape index (κ2) is 4.97. The van der Waals surface area contributed by atoms with Crippen molar-refractivity contribution in [3.05, 3.63) is 5.01 Å². The van der Waals surface area contributed by atoms with Crippen molar-refractivity contribution in [2.24, 2.45) is 0 Å². The van der Waals surface area contributed by atoms with E-state index in [-0.39, 0.29) is 22.1 Å². The number of aliphatic hydroxyl groups excluding tert-OH is 1. The lowest BCUT2D eigenvalue weighted by atomic mass is 9.91. The first kappa shape index (κ1) is 12.3. The summed E-state index contributed by atoms with van der Waals surface area (Å²) in [6, 6.07) is -0.124. The molecular weight excluding hydrogens is 240 g/mol. The summed E-state index contributed by atoms with van der Waals surface area (Å²) in [4.78, 5) is 13.6. The third kappa shape index (κ3) is 2.55. The minimum absolute atomic E-state index is 0.124. The Morgan fingerprint density at radius 1 is 1.47 bits per heavy atom. The van der Waals surface area contributed by atoms with Crippen LogP contribution in [0.2, 0.25) is 0 Å². The Balaban J connectivity index is 2.08. The van der Waals surface area contributed by atoms with Crippen molar-refractivity contribution in [2.45, 2.75) is 37.8 Å². The van der Waals surface area contributed by atoms with E-state index in [1.54, 1.807) is 11.9 Å². The highest BCUT2D eigenvalue weighted by Crippen LogP contribution is 2.24. The van der Waals surface area contributed by atoms with Crippen LogP contribution in [0.1, 0.15) is 35.5 Å². The van der Waals surface area contributed by atoms with Gasteiger partial charge in [-0.2, -0.15) is 0 Å². The Kier molecular flexibility index (Phi) is 3.58. The highest BCUT2D eigenvalue weighted by molar-refractivity contribution is 7.16. The first-order chi connectivity index (χ1) is 8.09. The number of hydrogen-bond donors (Lipinski definition) is 2. The third-order valence-electron chi connectivity index (χ3n) is 3.14. The molecule has 1 saturated carbocycles. The van der Waals surface area contributed by atoms with Crippen molar-refractivity contribution in [1.29, 1.82) is 0 Å². The highest BCUT2D eigenvalue weighted by Gasteiger charge is 2.31. The van der Waals surface area contributed by atoms with Crippen molar-refractivity contribution < 1.29 is 9.90 Å². The monoisotopic (exact) mass is 256 g/mol. The fourth-order valence-corrected chi connectivity index (χ4v) is 2.76. The number of hydrogen-bond acceptors (Lipinski definition) is 6. The Morgan fingerprint density at radius 3 is 2.76 bits per heavy atom. The van der Waals surface area contributed by atoms with E-state index in [2.05, 4.69) is 10.2 Å². The number of aliphatic hydroxyl groups is 1. The van der Waals surface area contributed by atoms with E-state index in [9.17, 15) is 9.90 Å². The molecule has 2 rings (SSSR count). The van der Waals surface area contributed by atoms with Crippen LogP contribution in [-0.4, -0.2) is 45.3 Å². The van der Waals surface area contributed by atoms with E-state index in [0.717, 1.165) is 37.0 Å². The molecule has 0 saturated heterocycles. The Hall–Kier alpha value is -1.21. The van der Waals surface area contributed by atoms with E-state index in [1.807, 2.05) is 0 Å². The molecule has 1 aromatic rings. The molecule has 1 heterocycles. The van der Waals surface area contributed by atoms with E-state index in [1.165, 1.54) is 0 Å². The Bertz CT molecular complexity index is 409. The van der Waals surface area contributed by atoms with Crippen LogP contribution in [0, 0.1) is 0 Å². The number of carbonyl (C=O) groups is 1. The lowest BCUT2D eigenvalue weighted by Gasteiger charge is -2.34. The zero-order chi connectivity index (χ0) is 12.4. The lowest BCUT2D eigenvalue weighted by molar-refractivity contribution is 0.0267. The zero-order valence-corrected chi connectivity index (χ0v) is 10.5. The van der Waals surface area contributed by atoms with Gasteiger partial charge in [0.25, 0.3) is 5.91 Å². The summed E-state index contributed by atoms with van der Waals surface area (Å²) < 4.78 is 0. The van der Waals surface area contributed by atoms with Gasteiger partial charge < -0.3 is 15.7 Å². The van der Waals surface area contributed by atoms with Crippen molar-refractivity contribution in [2.75, 3.05) is 12.8 Å². The second-order valence-corrected chi connectivity index (χ2v) is 5.29. The van der Waals surface area contributed by atoms with E-state index in [0.29, 0.717) is 0 Å². The predicted molar refractivity (Wildman–Crippen MR) is 64.7 cm³/mol. The van der Waals surface area contributed by atoms with Crippen molar-refractivity contribution in [3.63, 3.8) is 0 Å². The molecule has 0 spiro atoms.